The average molecular weight is 1450 g/mol. The number of aliphatic hydroxyl groups is 2. The van der Waals surface area contributed by atoms with E-state index in [0.717, 1.165) is 145 Å². The Hall–Kier alpha value is -13.6. The zero-order chi connectivity index (χ0) is 75.5. The maximum absolute atomic E-state index is 16.1. The van der Waals surface area contributed by atoms with E-state index in [9.17, 15) is 0 Å². The quantitative estimate of drug-likeness (QED) is 0.0841. The minimum Gasteiger partial charge on any atom is -0.376 e. The summed E-state index contributed by atoms with van der Waals surface area (Å²) in [6.45, 7) is 2.18. The number of hydrogen-bond donors (Lipinski definition) is 2. The first-order valence-electron chi connectivity index (χ1n) is 39.3. The van der Waals surface area contributed by atoms with E-state index in [2.05, 4.69) is 425 Å². The van der Waals surface area contributed by atoms with Crippen molar-refractivity contribution in [2.45, 2.75) is 37.4 Å². The van der Waals surface area contributed by atoms with Crippen LogP contribution in [0.15, 0.2) is 425 Å². The molecule has 0 bridgehead atoms. The fourth-order valence-electron chi connectivity index (χ4n) is 18.6. The summed E-state index contributed by atoms with van der Waals surface area (Å²) < 4.78 is 0.480. The maximum atomic E-state index is 16.1. The molecule has 2 aliphatic rings. The summed E-state index contributed by atoms with van der Waals surface area (Å²) in [5.74, 6) is 0. The molecule has 0 saturated carbocycles. The molecule has 0 radical (unpaired) electrons. The molecule has 20 rings (SSSR count). The van der Waals surface area contributed by atoms with E-state index >= 15 is 10.2 Å². The summed E-state index contributed by atoms with van der Waals surface area (Å²) in [5.41, 5.74) is 26.0. The molecule has 2 N–H and O–H groups in total. The number of rotatable bonds is 14. The Labute approximate surface area is 660 Å². The molecule has 3 nitrogen and oxygen atoms in total. The van der Waals surface area contributed by atoms with E-state index in [1.54, 1.807) is 0 Å². The zero-order valence-electron chi connectivity index (χ0n) is 62.6. The highest BCUT2D eigenvalue weighted by Crippen LogP contribution is 2.55. The van der Waals surface area contributed by atoms with Gasteiger partial charge in [-0.3, -0.25) is 0 Å². The summed E-state index contributed by atoms with van der Waals surface area (Å²) >= 11 is 0. The minimum atomic E-state index is -1.87. The molecule has 0 unspecified atom stereocenters. The largest absolute Gasteiger partial charge is 0.376 e. The molecule has 0 aromatic heterocycles. The van der Waals surface area contributed by atoms with E-state index < -0.39 is 11.2 Å². The first-order valence-corrected chi connectivity index (χ1v) is 39.3. The standard InChI is InChI=1S/C110H80NO2/c112-109(95-63-87(75-31-9-1-10-32-75)59-88(64-95)76-33-11-2-12-34-76,96-65-89(77-35-13-3-14-36-77)60-90(66-96)78-37-15-4-16-38-78)105-53-29-51-101-102-52-30-54-106(104(102)74-111(73-103(101)105)71-85-57-55-83-47-25-27-49-99(83)107(85)108-86(72-111)58-56-84-48-26-28-50-100(84)108)110(113,97-67-91(79-39-17-5-18-40-79)61-92(68-97)80-41-19-6-20-42-80)98-69-93(81-43-21-7-22-44-81)62-94(70-98)82-45-23-8-24-46-82/h1-70,112-113H,71-74H2/q+1. The van der Waals surface area contributed by atoms with Gasteiger partial charge in [0.05, 0.1) is 0 Å². The summed E-state index contributed by atoms with van der Waals surface area (Å²) in [5, 5.41) is 37.0. The van der Waals surface area contributed by atoms with Gasteiger partial charge in [-0.25, -0.2) is 0 Å². The molecule has 0 saturated heterocycles. The topological polar surface area (TPSA) is 40.5 Å². The summed E-state index contributed by atoms with van der Waals surface area (Å²) in [6.07, 6.45) is 0. The molecule has 0 fully saturated rings. The smallest absolute Gasteiger partial charge is 0.141 e. The molecule has 3 heteroatoms. The highest BCUT2D eigenvalue weighted by Gasteiger charge is 2.47. The molecule has 18 aromatic rings. The van der Waals surface area contributed by atoms with E-state index in [0.29, 0.717) is 30.7 Å². The minimum absolute atomic E-state index is 0.480. The number of nitrogens with zero attached hydrogens (tertiary/aromatic N) is 1. The molecule has 113 heavy (non-hydrogen) atoms. The number of hydrogen-bond acceptors (Lipinski definition) is 2. The summed E-state index contributed by atoms with van der Waals surface area (Å²) in [4.78, 5) is 0. The van der Waals surface area contributed by atoms with Crippen LogP contribution in [0.5, 0.6) is 0 Å². The van der Waals surface area contributed by atoms with Crippen LogP contribution in [-0.4, -0.2) is 14.7 Å². The molecular formula is C110H80NO2+. The Bertz CT molecular complexity index is 5710. The van der Waals surface area contributed by atoms with Crippen molar-refractivity contribution in [3.63, 3.8) is 0 Å². The highest BCUT2D eigenvalue weighted by atomic mass is 16.3. The van der Waals surface area contributed by atoms with E-state index in [4.69, 9.17) is 0 Å². The van der Waals surface area contributed by atoms with Crippen LogP contribution in [0.1, 0.15) is 55.6 Å². The Morgan fingerprint density at radius 3 is 0.673 bits per heavy atom. The lowest BCUT2D eigenvalue weighted by Crippen LogP contribution is -2.45. The average Bonchev–Trinajstić information content (AvgIpc) is 1.64. The number of fused-ring (bicyclic) bond motifs is 10. The second kappa shape index (κ2) is 28.7. The third-order valence-corrected chi connectivity index (χ3v) is 24.0. The van der Waals surface area contributed by atoms with Gasteiger partial charge in [0.25, 0.3) is 0 Å². The van der Waals surface area contributed by atoms with Crippen molar-refractivity contribution in [3.05, 3.63) is 480 Å². The van der Waals surface area contributed by atoms with E-state index in [-0.39, 0.29) is 0 Å². The second-order valence-corrected chi connectivity index (χ2v) is 30.8. The van der Waals surface area contributed by atoms with Gasteiger partial charge < -0.3 is 14.7 Å². The lowest BCUT2D eigenvalue weighted by atomic mass is 9.73. The normalized spacial score (nSPS) is 13.0. The van der Waals surface area contributed by atoms with Crippen molar-refractivity contribution >= 4 is 21.5 Å². The van der Waals surface area contributed by atoms with Crippen LogP contribution in [0.25, 0.3) is 133 Å². The molecular weight excluding hydrogens is 1370 g/mol. The highest BCUT2D eigenvalue weighted by molar-refractivity contribution is 6.08. The summed E-state index contributed by atoms with van der Waals surface area (Å²) in [7, 11) is 0. The monoisotopic (exact) mass is 1450 g/mol. The van der Waals surface area contributed by atoms with Gasteiger partial charge in [-0.15, -0.1) is 0 Å². The molecule has 0 atom stereocenters. The van der Waals surface area contributed by atoms with Gasteiger partial charge in [0, 0.05) is 33.4 Å². The zero-order valence-corrected chi connectivity index (χ0v) is 62.6. The Morgan fingerprint density at radius 2 is 0.425 bits per heavy atom. The van der Waals surface area contributed by atoms with Gasteiger partial charge in [0.2, 0.25) is 0 Å². The fraction of sp³-hybridized carbons (Fsp3) is 0.0545. The lowest BCUT2D eigenvalue weighted by Gasteiger charge is -2.41. The Kier molecular flexibility index (Phi) is 17.4. The van der Waals surface area contributed by atoms with Crippen LogP contribution in [-0.2, 0) is 37.4 Å². The van der Waals surface area contributed by atoms with Gasteiger partial charge in [0.1, 0.15) is 37.4 Å². The van der Waals surface area contributed by atoms with Crippen molar-refractivity contribution in [2.75, 3.05) is 0 Å². The Morgan fingerprint density at radius 1 is 0.195 bits per heavy atom. The molecule has 1 spiro atoms. The van der Waals surface area contributed by atoms with Crippen LogP contribution in [0.4, 0.5) is 0 Å². The van der Waals surface area contributed by atoms with Crippen LogP contribution < -0.4 is 0 Å². The molecule has 2 heterocycles. The van der Waals surface area contributed by atoms with Gasteiger partial charge in [-0.2, -0.15) is 0 Å². The van der Waals surface area contributed by atoms with Gasteiger partial charge >= 0.3 is 0 Å². The van der Waals surface area contributed by atoms with Gasteiger partial charge in [0.15, 0.2) is 0 Å². The predicted octanol–water partition coefficient (Wildman–Crippen LogP) is 26.8. The third kappa shape index (κ3) is 12.5. The number of quaternary nitrogens is 1. The molecule has 2 aliphatic heterocycles. The summed E-state index contributed by atoms with van der Waals surface area (Å²) in [6, 6.07) is 153. The molecule has 0 amide bonds. The van der Waals surface area contributed by atoms with Crippen molar-refractivity contribution in [1.29, 1.82) is 0 Å². The molecule has 0 aliphatic carbocycles. The molecule has 18 aromatic carbocycles. The number of benzene rings is 18. The van der Waals surface area contributed by atoms with Crippen LogP contribution in [0, 0.1) is 0 Å². The van der Waals surface area contributed by atoms with Gasteiger partial charge in [-0.1, -0.05) is 352 Å². The SMILES string of the molecule is OC(c1cc(-c2ccccc2)cc(-c2ccccc2)c1)(c1cc(-c2ccccc2)cc(-c2ccccc2)c1)c1cccc2c1C[N+]1(Cc3ccc4ccccc4c3-c3c(ccc4ccccc34)C1)Cc1c-2cccc1C(O)(c1cc(-c2ccccc2)cc(-c2ccccc2)c1)c1cc(-c2ccccc2)cc(-c2ccccc2)c1. The predicted molar refractivity (Wildman–Crippen MR) is 467 cm³/mol. The third-order valence-electron chi connectivity index (χ3n) is 24.0. The lowest BCUT2D eigenvalue weighted by molar-refractivity contribution is -0.978. The first-order chi connectivity index (χ1) is 55.7. The van der Waals surface area contributed by atoms with E-state index in [1.807, 2.05) is 0 Å². The fourth-order valence-corrected chi connectivity index (χ4v) is 18.6. The van der Waals surface area contributed by atoms with Crippen LogP contribution >= 0.6 is 0 Å². The van der Waals surface area contributed by atoms with Crippen LogP contribution in [0.2, 0.25) is 0 Å². The second-order valence-electron chi connectivity index (χ2n) is 30.8. The van der Waals surface area contributed by atoms with E-state index in [1.165, 1.54) is 43.8 Å². The maximum Gasteiger partial charge on any atom is 0.141 e. The van der Waals surface area contributed by atoms with Crippen molar-refractivity contribution in [1.82, 2.24) is 0 Å². The Balaban J connectivity index is 0.932. The van der Waals surface area contributed by atoms with Crippen molar-refractivity contribution in [3.8, 4) is 111 Å². The first kappa shape index (κ1) is 68.6. The van der Waals surface area contributed by atoms with Crippen LogP contribution in [0.3, 0.4) is 0 Å². The molecule has 536 valence electrons. The van der Waals surface area contributed by atoms with Crippen molar-refractivity contribution < 1.29 is 14.7 Å². The van der Waals surface area contributed by atoms with Crippen molar-refractivity contribution in [2.24, 2.45) is 0 Å². The van der Waals surface area contributed by atoms with Gasteiger partial charge in [-0.05, 0) is 228 Å².